The molecule has 1 heterocycles. The summed E-state index contributed by atoms with van der Waals surface area (Å²) in [5, 5.41) is 19.5. The smallest absolute Gasteiger partial charge is 0.145 e. The average molecular weight is 380 g/mol. The van der Waals surface area contributed by atoms with Gasteiger partial charge < -0.3 is 9.84 Å². The first-order chi connectivity index (χ1) is 13.2. The summed E-state index contributed by atoms with van der Waals surface area (Å²) in [6.45, 7) is 15.3. The second-order valence-corrected chi connectivity index (χ2v) is 8.51. The maximum absolute atomic E-state index is 10.9. The minimum atomic E-state index is -0.168. The van der Waals surface area contributed by atoms with Gasteiger partial charge in [-0.25, -0.2) is 4.68 Å². The monoisotopic (exact) mass is 379 g/mol. The maximum Gasteiger partial charge on any atom is 0.145 e. The van der Waals surface area contributed by atoms with Crippen molar-refractivity contribution in [2.45, 2.75) is 46.5 Å². The maximum atomic E-state index is 10.9. The second kappa shape index (κ2) is 7.76. The van der Waals surface area contributed by atoms with E-state index in [2.05, 4.69) is 43.7 Å². The summed E-state index contributed by atoms with van der Waals surface area (Å²) >= 11 is 0. The Morgan fingerprint density at radius 1 is 1.21 bits per heavy atom. The average Bonchev–Trinajstić information content (AvgIpc) is 3.02. The van der Waals surface area contributed by atoms with E-state index >= 15 is 0 Å². The summed E-state index contributed by atoms with van der Waals surface area (Å²) in [6, 6.07) is 10.1. The third kappa shape index (κ3) is 4.25. The third-order valence-electron chi connectivity index (χ3n) is 4.66. The number of hydrogen-bond donors (Lipinski definition) is 1. The van der Waals surface area contributed by atoms with Gasteiger partial charge in [0, 0.05) is 5.56 Å². The van der Waals surface area contributed by atoms with Crippen molar-refractivity contribution >= 4 is 11.0 Å². The first-order valence-electron chi connectivity index (χ1n) is 9.58. The number of aromatic hydroxyl groups is 1. The Balaban J connectivity index is 1.93. The van der Waals surface area contributed by atoms with Crippen molar-refractivity contribution < 1.29 is 9.84 Å². The van der Waals surface area contributed by atoms with Gasteiger partial charge in [0.15, 0.2) is 0 Å². The first-order valence-corrected chi connectivity index (χ1v) is 9.58. The number of fused-ring (bicyclic) bond motifs is 1. The molecular formula is C23H29N3O2. The Morgan fingerprint density at radius 2 is 1.96 bits per heavy atom. The van der Waals surface area contributed by atoms with Crippen LogP contribution < -0.4 is 0 Å². The van der Waals surface area contributed by atoms with Crippen molar-refractivity contribution in [2.75, 3.05) is 13.2 Å². The zero-order chi connectivity index (χ0) is 20.5. The van der Waals surface area contributed by atoms with Crippen LogP contribution in [0.3, 0.4) is 0 Å². The number of aryl methyl sites for hydroxylation is 1. The van der Waals surface area contributed by atoms with Gasteiger partial charge in [-0.15, -0.1) is 5.10 Å². The predicted octanol–water partition coefficient (Wildman–Crippen LogP) is 4.87. The van der Waals surface area contributed by atoms with E-state index in [0.29, 0.717) is 18.9 Å². The number of hydrogen-bond acceptors (Lipinski definition) is 4. The second-order valence-electron chi connectivity index (χ2n) is 8.51. The van der Waals surface area contributed by atoms with Gasteiger partial charge in [-0.3, -0.25) is 0 Å². The molecule has 0 spiro atoms. The van der Waals surface area contributed by atoms with E-state index in [9.17, 15) is 5.11 Å². The molecule has 0 radical (unpaired) electrons. The Hall–Kier alpha value is -2.66. The highest BCUT2D eigenvalue weighted by Gasteiger charge is 2.22. The van der Waals surface area contributed by atoms with Crippen LogP contribution in [0.25, 0.3) is 16.7 Å². The minimum Gasteiger partial charge on any atom is -0.505 e. The first kappa shape index (κ1) is 20.1. The number of nitrogens with zero attached hydrogens (tertiary/aromatic N) is 3. The third-order valence-corrected chi connectivity index (χ3v) is 4.66. The molecule has 1 N–H and O–H groups in total. The van der Waals surface area contributed by atoms with Crippen LogP contribution in [-0.2, 0) is 16.6 Å². The molecule has 5 heteroatoms. The number of phenols is 1. The van der Waals surface area contributed by atoms with Gasteiger partial charge >= 0.3 is 0 Å². The molecule has 0 aliphatic rings. The fraction of sp³-hybridized carbons (Fsp3) is 0.391. The summed E-state index contributed by atoms with van der Waals surface area (Å²) in [7, 11) is 0. The summed E-state index contributed by atoms with van der Waals surface area (Å²) in [5.74, 6) is 0.252. The van der Waals surface area contributed by atoms with Crippen molar-refractivity contribution in [1.29, 1.82) is 0 Å². The van der Waals surface area contributed by atoms with Gasteiger partial charge in [0.05, 0.1) is 18.7 Å². The molecule has 3 rings (SSSR count). The van der Waals surface area contributed by atoms with E-state index in [4.69, 9.17) is 4.74 Å². The SMILES string of the molecule is C=C(C)COCCc1ccc2c(c1)nnn2-c1cc(C)cc(C(C)(C)C)c1O. The van der Waals surface area contributed by atoms with E-state index in [0.717, 1.165) is 39.7 Å². The van der Waals surface area contributed by atoms with Crippen LogP contribution in [0.1, 0.15) is 44.4 Å². The van der Waals surface area contributed by atoms with Gasteiger partial charge in [-0.1, -0.05) is 50.3 Å². The molecule has 0 aliphatic carbocycles. The molecule has 0 saturated heterocycles. The molecule has 2 aromatic carbocycles. The molecule has 0 aliphatic heterocycles. The number of rotatable bonds is 6. The number of aromatic nitrogens is 3. The Kier molecular flexibility index (Phi) is 5.57. The number of benzene rings is 2. The summed E-state index contributed by atoms with van der Waals surface area (Å²) in [6.07, 6.45) is 0.806. The molecule has 3 aromatic rings. The lowest BCUT2D eigenvalue weighted by atomic mass is 9.85. The Labute approximate surface area is 166 Å². The standard InChI is InChI=1S/C23H29N3O2/c1-15(2)14-28-10-9-17-7-8-20-19(13-17)24-25-26(20)21-12-16(3)11-18(22(21)27)23(4,5)6/h7-8,11-13,27H,1,9-10,14H2,2-6H3. The van der Waals surface area contributed by atoms with Crippen LogP contribution in [0.15, 0.2) is 42.5 Å². The highest BCUT2D eigenvalue weighted by atomic mass is 16.5. The molecule has 0 atom stereocenters. The van der Waals surface area contributed by atoms with E-state index < -0.39 is 0 Å². The van der Waals surface area contributed by atoms with Crippen molar-refractivity contribution in [3.05, 3.63) is 59.2 Å². The Bertz CT molecular complexity index is 1010. The molecule has 28 heavy (non-hydrogen) atoms. The van der Waals surface area contributed by atoms with Crippen LogP contribution >= 0.6 is 0 Å². The van der Waals surface area contributed by atoms with E-state index in [1.807, 2.05) is 38.1 Å². The predicted molar refractivity (Wildman–Crippen MR) is 113 cm³/mol. The van der Waals surface area contributed by atoms with Crippen LogP contribution in [0.5, 0.6) is 5.75 Å². The lowest BCUT2D eigenvalue weighted by molar-refractivity contribution is 0.160. The summed E-state index contributed by atoms with van der Waals surface area (Å²) < 4.78 is 7.30. The highest BCUT2D eigenvalue weighted by Crippen LogP contribution is 2.36. The number of ether oxygens (including phenoxy) is 1. The van der Waals surface area contributed by atoms with Crippen LogP contribution in [0, 0.1) is 6.92 Å². The molecule has 0 unspecified atom stereocenters. The number of phenolic OH excluding ortho intramolecular Hbond substituents is 1. The fourth-order valence-corrected chi connectivity index (χ4v) is 3.23. The normalized spacial score (nSPS) is 11.9. The molecule has 0 amide bonds. The zero-order valence-corrected chi connectivity index (χ0v) is 17.4. The van der Waals surface area contributed by atoms with Crippen molar-refractivity contribution in [3.8, 4) is 11.4 Å². The highest BCUT2D eigenvalue weighted by molar-refractivity contribution is 5.78. The van der Waals surface area contributed by atoms with E-state index in [1.165, 1.54) is 0 Å². The van der Waals surface area contributed by atoms with Crippen LogP contribution in [0.2, 0.25) is 0 Å². The van der Waals surface area contributed by atoms with Gasteiger partial charge in [0.2, 0.25) is 0 Å². The molecule has 148 valence electrons. The molecular weight excluding hydrogens is 350 g/mol. The van der Waals surface area contributed by atoms with Crippen LogP contribution in [0.4, 0.5) is 0 Å². The minimum absolute atomic E-state index is 0.168. The van der Waals surface area contributed by atoms with Crippen molar-refractivity contribution in [1.82, 2.24) is 15.0 Å². The topological polar surface area (TPSA) is 60.2 Å². The van der Waals surface area contributed by atoms with Crippen LogP contribution in [-0.4, -0.2) is 33.3 Å². The van der Waals surface area contributed by atoms with Crippen molar-refractivity contribution in [3.63, 3.8) is 0 Å². The summed E-state index contributed by atoms with van der Waals surface area (Å²) in [4.78, 5) is 0. The van der Waals surface area contributed by atoms with Crippen molar-refractivity contribution in [2.24, 2.45) is 0 Å². The lowest BCUT2D eigenvalue weighted by Gasteiger charge is -2.22. The van der Waals surface area contributed by atoms with Gasteiger partial charge in [-0.05, 0) is 55.0 Å². The summed E-state index contributed by atoms with van der Waals surface area (Å²) in [5.41, 5.74) is 6.30. The molecule has 5 nitrogen and oxygen atoms in total. The lowest BCUT2D eigenvalue weighted by Crippen LogP contribution is -2.13. The largest absolute Gasteiger partial charge is 0.505 e. The van der Waals surface area contributed by atoms with Gasteiger partial charge in [0.1, 0.15) is 17.0 Å². The zero-order valence-electron chi connectivity index (χ0n) is 17.4. The fourth-order valence-electron chi connectivity index (χ4n) is 3.23. The van der Waals surface area contributed by atoms with Gasteiger partial charge in [-0.2, -0.15) is 0 Å². The molecule has 1 aromatic heterocycles. The quantitative estimate of drug-likeness (QED) is 0.490. The molecule has 0 fully saturated rings. The van der Waals surface area contributed by atoms with E-state index in [1.54, 1.807) is 4.68 Å². The Morgan fingerprint density at radius 3 is 2.64 bits per heavy atom. The molecule has 0 bridgehead atoms. The van der Waals surface area contributed by atoms with E-state index in [-0.39, 0.29) is 11.2 Å². The van der Waals surface area contributed by atoms with Gasteiger partial charge in [0.25, 0.3) is 0 Å². The molecule has 0 saturated carbocycles.